The third-order valence-corrected chi connectivity index (χ3v) is 2.37. The van der Waals surface area contributed by atoms with Gasteiger partial charge in [-0.3, -0.25) is 0 Å². The Hall–Kier alpha value is -0.0800. The van der Waals surface area contributed by atoms with Gasteiger partial charge in [0.2, 0.25) is 0 Å². The van der Waals surface area contributed by atoms with Crippen LogP contribution in [0.4, 0.5) is 0 Å². The number of methoxy groups -OCH3 is 1. The topological polar surface area (TPSA) is 21.3 Å². The minimum Gasteiger partial charge on any atom is -0.379 e. The molecule has 0 aliphatic heterocycles. The van der Waals surface area contributed by atoms with Crippen LogP contribution in [0.3, 0.4) is 0 Å². The van der Waals surface area contributed by atoms with E-state index in [1.807, 2.05) is 0 Å². The lowest BCUT2D eigenvalue weighted by molar-refractivity contribution is 0.00341. The first kappa shape index (κ1) is 13.9. The van der Waals surface area contributed by atoms with Crippen molar-refractivity contribution in [3.63, 3.8) is 0 Å². The van der Waals surface area contributed by atoms with E-state index in [4.69, 9.17) is 4.74 Å². The fourth-order valence-corrected chi connectivity index (χ4v) is 1.48. The van der Waals surface area contributed by atoms with E-state index in [1.54, 1.807) is 7.11 Å². The van der Waals surface area contributed by atoms with Gasteiger partial charge in [-0.15, -0.1) is 0 Å². The third-order valence-electron chi connectivity index (χ3n) is 2.37. The first-order valence-electron chi connectivity index (χ1n) is 5.46. The van der Waals surface area contributed by atoms with Crippen molar-refractivity contribution in [3.05, 3.63) is 0 Å². The molecule has 0 fully saturated rings. The molecule has 2 heteroatoms. The molecule has 2 nitrogen and oxygen atoms in total. The van der Waals surface area contributed by atoms with Gasteiger partial charge < -0.3 is 10.1 Å². The standard InChI is InChI=1S/C12H27NO/c1-10(8-12(5,6)14-7)9-13-11(2,3)4/h10,13H,8-9H2,1-7H3. The van der Waals surface area contributed by atoms with E-state index in [0.29, 0.717) is 5.92 Å². The van der Waals surface area contributed by atoms with Gasteiger partial charge in [0.05, 0.1) is 5.60 Å². The molecule has 0 aliphatic carbocycles. The molecule has 0 amide bonds. The molecule has 0 rings (SSSR count). The highest BCUT2D eigenvalue weighted by molar-refractivity contribution is 4.76. The van der Waals surface area contributed by atoms with Crippen molar-refractivity contribution in [2.75, 3.05) is 13.7 Å². The Balaban J connectivity index is 3.82. The van der Waals surface area contributed by atoms with Gasteiger partial charge in [-0.2, -0.15) is 0 Å². The zero-order chi connectivity index (χ0) is 11.4. The number of hydrogen-bond acceptors (Lipinski definition) is 2. The minimum absolute atomic E-state index is 0.00101. The Morgan fingerprint density at radius 1 is 1.14 bits per heavy atom. The van der Waals surface area contributed by atoms with E-state index in [9.17, 15) is 0 Å². The van der Waals surface area contributed by atoms with Crippen molar-refractivity contribution in [1.82, 2.24) is 5.32 Å². The average molecular weight is 201 g/mol. The number of hydrogen-bond donors (Lipinski definition) is 1. The molecule has 0 radical (unpaired) electrons. The fourth-order valence-electron chi connectivity index (χ4n) is 1.48. The van der Waals surface area contributed by atoms with Gasteiger partial charge in [-0.25, -0.2) is 0 Å². The molecule has 86 valence electrons. The van der Waals surface area contributed by atoms with Gasteiger partial charge in [0.1, 0.15) is 0 Å². The van der Waals surface area contributed by atoms with Gasteiger partial charge in [0, 0.05) is 12.6 Å². The lowest BCUT2D eigenvalue weighted by Crippen LogP contribution is -2.40. The summed E-state index contributed by atoms with van der Waals surface area (Å²) in [5.41, 5.74) is 0.213. The molecule has 0 aromatic heterocycles. The van der Waals surface area contributed by atoms with Crippen LogP contribution in [0.25, 0.3) is 0 Å². The molecule has 0 aliphatic rings. The second-order valence-electron chi connectivity index (χ2n) is 5.90. The highest BCUT2D eigenvalue weighted by Gasteiger charge is 2.21. The van der Waals surface area contributed by atoms with E-state index in [-0.39, 0.29) is 11.1 Å². The number of nitrogens with one attached hydrogen (secondary N) is 1. The quantitative estimate of drug-likeness (QED) is 0.738. The zero-order valence-corrected chi connectivity index (χ0v) is 10.9. The van der Waals surface area contributed by atoms with Crippen LogP contribution < -0.4 is 5.32 Å². The molecule has 0 aromatic rings. The summed E-state index contributed by atoms with van der Waals surface area (Å²) >= 11 is 0. The molecule has 0 bridgehead atoms. The smallest absolute Gasteiger partial charge is 0.0625 e. The molecule has 0 aromatic carbocycles. The van der Waals surface area contributed by atoms with Crippen molar-refractivity contribution < 1.29 is 4.74 Å². The maximum atomic E-state index is 5.41. The Labute approximate surface area is 89.4 Å². The molecule has 1 N–H and O–H groups in total. The van der Waals surface area contributed by atoms with Crippen molar-refractivity contribution in [2.45, 2.75) is 59.1 Å². The lowest BCUT2D eigenvalue weighted by Gasteiger charge is -2.29. The van der Waals surface area contributed by atoms with Crippen LogP contribution in [0, 0.1) is 5.92 Å². The molecule has 0 heterocycles. The summed E-state index contributed by atoms with van der Waals surface area (Å²) in [5.74, 6) is 0.643. The molecular weight excluding hydrogens is 174 g/mol. The van der Waals surface area contributed by atoms with Gasteiger partial charge in [0.25, 0.3) is 0 Å². The number of rotatable bonds is 5. The van der Waals surface area contributed by atoms with Crippen molar-refractivity contribution in [3.8, 4) is 0 Å². The van der Waals surface area contributed by atoms with Crippen LogP contribution in [-0.2, 0) is 4.74 Å². The van der Waals surface area contributed by atoms with E-state index in [1.165, 1.54) is 0 Å². The summed E-state index contributed by atoms with van der Waals surface area (Å²) in [5, 5.41) is 3.51. The highest BCUT2D eigenvalue weighted by Crippen LogP contribution is 2.19. The van der Waals surface area contributed by atoms with E-state index < -0.39 is 0 Å². The van der Waals surface area contributed by atoms with Crippen molar-refractivity contribution in [1.29, 1.82) is 0 Å². The van der Waals surface area contributed by atoms with E-state index >= 15 is 0 Å². The third kappa shape index (κ3) is 7.34. The Morgan fingerprint density at radius 3 is 2.00 bits per heavy atom. The second kappa shape index (κ2) is 5.13. The highest BCUT2D eigenvalue weighted by atomic mass is 16.5. The normalized spacial score (nSPS) is 15.6. The molecule has 14 heavy (non-hydrogen) atoms. The van der Waals surface area contributed by atoms with E-state index in [0.717, 1.165) is 13.0 Å². The van der Waals surface area contributed by atoms with Crippen molar-refractivity contribution >= 4 is 0 Å². The summed E-state index contributed by atoms with van der Waals surface area (Å²) in [6, 6.07) is 0. The Bertz CT molecular complexity index is 158. The molecule has 0 spiro atoms. The van der Waals surface area contributed by atoms with Gasteiger partial charge in [0.15, 0.2) is 0 Å². The first-order chi connectivity index (χ1) is 6.16. The molecule has 1 atom stereocenters. The maximum absolute atomic E-state index is 5.41. The second-order valence-corrected chi connectivity index (χ2v) is 5.90. The average Bonchev–Trinajstić information content (AvgIpc) is 1.99. The molecule has 0 saturated heterocycles. The molecule has 1 unspecified atom stereocenters. The zero-order valence-electron chi connectivity index (χ0n) is 10.9. The van der Waals surface area contributed by atoms with Gasteiger partial charge in [-0.1, -0.05) is 6.92 Å². The van der Waals surface area contributed by atoms with Crippen LogP contribution in [0.1, 0.15) is 48.0 Å². The lowest BCUT2D eigenvalue weighted by atomic mass is 9.94. The Morgan fingerprint density at radius 2 is 1.64 bits per heavy atom. The SMILES string of the molecule is COC(C)(C)CC(C)CNC(C)(C)C. The predicted octanol–water partition coefficient (Wildman–Crippen LogP) is 2.83. The van der Waals surface area contributed by atoms with Crippen LogP contribution in [0.5, 0.6) is 0 Å². The summed E-state index contributed by atoms with van der Waals surface area (Å²) in [7, 11) is 1.78. The van der Waals surface area contributed by atoms with Crippen LogP contribution >= 0.6 is 0 Å². The summed E-state index contributed by atoms with van der Waals surface area (Å²) in [6.45, 7) is 14.2. The molecule has 0 saturated carbocycles. The van der Waals surface area contributed by atoms with Crippen LogP contribution in [0.15, 0.2) is 0 Å². The summed E-state index contributed by atoms with van der Waals surface area (Å²) in [4.78, 5) is 0. The summed E-state index contributed by atoms with van der Waals surface area (Å²) < 4.78 is 5.41. The van der Waals surface area contributed by atoms with Crippen LogP contribution in [-0.4, -0.2) is 24.8 Å². The maximum Gasteiger partial charge on any atom is 0.0625 e. The van der Waals surface area contributed by atoms with Crippen LogP contribution in [0.2, 0.25) is 0 Å². The van der Waals surface area contributed by atoms with Gasteiger partial charge in [-0.05, 0) is 53.5 Å². The largest absolute Gasteiger partial charge is 0.379 e. The number of ether oxygens (including phenoxy) is 1. The monoisotopic (exact) mass is 201 g/mol. The Kier molecular flexibility index (Phi) is 5.10. The van der Waals surface area contributed by atoms with Crippen molar-refractivity contribution in [2.24, 2.45) is 5.92 Å². The van der Waals surface area contributed by atoms with Gasteiger partial charge >= 0.3 is 0 Å². The predicted molar refractivity (Wildman–Crippen MR) is 62.6 cm³/mol. The van der Waals surface area contributed by atoms with E-state index in [2.05, 4.69) is 46.9 Å². The summed E-state index contributed by atoms with van der Waals surface area (Å²) in [6.07, 6.45) is 1.09. The minimum atomic E-state index is -0.00101. The fraction of sp³-hybridized carbons (Fsp3) is 1.00. The first-order valence-corrected chi connectivity index (χ1v) is 5.46. The molecular formula is C12H27NO.